The number of likely N-dealkylation sites (tertiary alicyclic amines) is 1. The standard InChI is InChI=1S/C9H18BrNO/c1-9(12)3-7-11(8-4-9)6-2-5-10/h12H,2-8H2,1H3. The zero-order valence-corrected chi connectivity index (χ0v) is 9.31. The Morgan fingerprint density at radius 1 is 1.42 bits per heavy atom. The maximum absolute atomic E-state index is 9.68. The predicted molar refractivity (Wildman–Crippen MR) is 54.7 cm³/mol. The molecule has 3 heteroatoms. The summed E-state index contributed by atoms with van der Waals surface area (Å²) in [4.78, 5) is 2.43. The average Bonchev–Trinajstić information content (AvgIpc) is 2.03. The largest absolute Gasteiger partial charge is 0.390 e. The van der Waals surface area contributed by atoms with Crippen LogP contribution in [-0.2, 0) is 0 Å². The van der Waals surface area contributed by atoms with E-state index in [0.29, 0.717) is 0 Å². The molecule has 0 radical (unpaired) electrons. The normalized spacial score (nSPS) is 24.2. The summed E-state index contributed by atoms with van der Waals surface area (Å²) in [6.45, 7) is 5.22. The molecule has 0 amide bonds. The second kappa shape index (κ2) is 4.58. The topological polar surface area (TPSA) is 23.5 Å². The number of piperidine rings is 1. The van der Waals surface area contributed by atoms with Gasteiger partial charge in [0.2, 0.25) is 0 Å². The second-order valence-electron chi connectivity index (χ2n) is 3.88. The minimum Gasteiger partial charge on any atom is -0.390 e. The van der Waals surface area contributed by atoms with Gasteiger partial charge in [-0.2, -0.15) is 0 Å². The van der Waals surface area contributed by atoms with Crippen molar-refractivity contribution in [3.05, 3.63) is 0 Å². The molecule has 12 heavy (non-hydrogen) atoms. The minimum atomic E-state index is -0.398. The molecule has 0 bridgehead atoms. The van der Waals surface area contributed by atoms with Crippen LogP contribution in [0.4, 0.5) is 0 Å². The highest BCUT2D eigenvalue weighted by atomic mass is 79.9. The summed E-state index contributed by atoms with van der Waals surface area (Å²) in [5, 5.41) is 10.8. The van der Waals surface area contributed by atoms with Crippen LogP contribution in [0.25, 0.3) is 0 Å². The van der Waals surface area contributed by atoms with Crippen molar-refractivity contribution in [3.63, 3.8) is 0 Å². The van der Waals surface area contributed by atoms with E-state index in [1.54, 1.807) is 0 Å². The zero-order chi connectivity index (χ0) is 9.03. The Morgan fingerprint density at radius 2 is 2.00 bits per heavy atom. The Labute approximate surface area is 83.1 Å². The summed E-state index contributed by atoms with van der Waals surface area (Å²) in [5.74, 6) is 0. The third kappa shape index (κ3) is 3.42. The van der Waals surface area contributed by atoms with Crippen LogP contribution < -0.4 is 0 Å². The lowest BCUT2D eigenvalue weighted by molar-refractivity contribution is -0.00506. The SMILES string of the molecule is CC1(O)CCN(CCCBr)CC1. The van der Waals surface area contributed by atoms with Gasteiger partial charge in [0.1, 0.15) is 0 Å². The van der Waals surface area contributed by atoms with Crippen molar-refractivity contribution in [1.29, 1.82) is 0 Å². The van der Waals surface area contributed by atoms with E-state index in [0.717, 1.165) is 31.3 Å². The van der Waals surface area contributed by atoms with E-state index in [-0.39, 0.29) is 0 Å². The van der Waals surface area contributed by atoms with Crippen molar-refractivity contribution in [2.24, 2.45) is 0 Å². The van der Waals surface area contributed by atoms with Crippen molar-refractivity contribution in [3.8, 4) is 0 Å². The van der Waals surface area contributed by atoms with Crippen LogP contribution in [0, 0.1) is 0 Å². The van der Waals surface area contributed by atoms with Crippen LogP contribution in [0.2, 0.25) is 0 Å². The van der Waals surface area contributed by atoms with Gasteiger partial charge in [0.15, 0.2) is 0 Å². The average molecular weight is 236 g/mol. The van der Waals surface area contributed by atoms with Crippen molar-refractivity contribution in [1.82, 2.24) is 4.90 Å². The minimum absolute atomic E-state index is 0.398. The highest BCUT2D eigenvalue weighted by Crippen LogP contribution is 2.20. The molecular formula is C9H18BrNO. The second-order valence-corrected chi connectivity index (χ2v) is 4.67. The highest BCUT2D eigenvalue weighted by Gasteiger charge is 2.26. The van der Waals surface area contributed by atoms with Gasteiger partial charge in [0.25, 0.3) is 0 Å². The lowest BCUT2D eigenvalue weighted by Crippen LogP contribution is -2.42. The Hall–Kier alpha value is 0.400. The Kier molecular flexibility index (Phi) is 4.00. The molecule has 1 N–H and O–H groups in total. The van der Waals surface area contributed by atoms with E-state index in [1.807, 2.05) is 6.92 Å². The summed E-state index contributed by atoms with van der Waals surface area (Å²) in [7, 11) is 0. The van der Waals surface area contributed by atoms with Gasteiger partial charge in [-0.3, -0.25) is 0 Å². The third-order valence-corrected chi connectivity index (χ3v) is 3.10. The van der Waals surface area contributed by atoms with E-state index in [2.05, 4.69) is 20.8 Å². The van der Waals surface area contributed by atoms with Gasteiger partial charge in [0, 0.05) is 18.4 Å². The first-order valence-corrected chi connectivity index (χ1v) is 5.77. The van der Waals surface area contributed by atoms with Crippen molar-refractivity contribution in [2.75, 3.05) is 25.0 Å². The van der Waals surface area contributed by atoms with Crippen LogP contribution in [0.3, 0.4) is 0 Å². The van der Waals surface area contributed by atoms with Crippen LogP contribution in [0.1, 0.15) is 26.2 Å². The maximum Gasteiger partial charge on any atom is 0.0644 e. The maximum atomic E-state index is 9.68. The van der Waals surface area contributed by atoms with Crippen molar-refractivity contribution in [2.45, 2.75) is 31.8 Å². The Morgan fingerprint density at radius 3 is 2.50 bits per heavy atom. The first-order chi connectivity index (χ1) is 5.64. The smallest absolute Gasteiger partial charge is 0.0644 e. The molecular weight excluding hydrogens is 218 g/mol. The summed E-state index contributed by atoms with van der Waals surface area (Å²) < 4.78 is 0. The van der Waals surface area contributed by atoms with E-state index >= 15 is 0 Å². The summed E-state index contributed by atoms with van der Waals surface area (Å²) in [6, 6.07) is 0. The van der Waals surface area contributed by atoms with Gasteiger partial charge in [-0.25, -0.2) is 0 Å². The molecule has 1 aliphatic heterocycles. The molecule has 0 aromatic rings. The first-order valence-electron chi connectivity index (χ1n) is 4.65. The Balaban J connectivity index is 2.18. The quantitative estimate of drug-likeness (QED) is 0.752. The molecule has 1 heterocycles. The van der Waals surface area contributed by atoms with Gasteiger partial charge in [-0.05, 0) is 32.7 Å². The molecule has 0 saturated carbocycles. The fourth-order valence-corrected chi connectivity index (χ4v) is 1.79. The lowest BCUT2D eigenvalue weighted by atomic mass is 9.94. The molecule has 0 unspecified atom stereocenters. The molecule has 0 atom stereocenters. The number of halogens is 1. The lowest BCUT2D eigenvalue weighted by Gasteiger charge is -2.35. The van der Waals surface area contributed by atoms with Crippen molar-refractivity contribution >= 4 is 15.9 Å². The van der Waals surface area contributed by atoms with Gasteiger partial charge >= 0.3 is 0 Å². The molecule has 0 spiro atoms. The van der Waals surface area contributed by atoms with Crippen LogP contribution in [0.5, 0.6) is 0 Å². The molecule has 1 saturated heterocycles. The summed E-state index contributed by atoms with van der Waals surface area (Å²) in [5.41, 5.74) is -0.398. The van der Waals surface area contributed by atoms with Gasteiger partial charge in [0.05, 0.1) is 5.60 Å². The molecule has 0 aromatic carbocycles. The summed E-state index contributed by atoms with van der Waals surface area (Å²) >= 11 is 3.42. The number of hydrogen-bond acceptors (Lipinski definition) is 2. The van der Waals surface area contributed by atoms with Crippen LogP contribution in [-0.4, -0.2) is 40.6 Å². The number of alkyl halides is 1. The van der Waals surface area contributed by atoms with Gasteiger partial charge < -0.3 is 10.0 Å². The van der Waals surface area contributed by atoms with Crippen molar-refractivity contribution < 1.29 is 5.11 Å². The third-order valence-electron chi connectivity index (χ3n) is 2.54. The number of rotatable bonds is 3. The van der Waals surface area contributed by atoms with Gasteiger partial charge in [-0.15, -0.1) is 0 Å². The van der Waals surface area contributed by atoms with Gasteiger partial charge in [-0.1, -0.05) is 15.9 Å². The monoisotopic (exact) mass is 235 g/mol. The van der Waals surface area contributed by atoms with E-state index in [9.17, 15) is 5.11 Å². The molecule has 72 valence electrons. The van der Waals surface area contributed by atoms with Crippen LogP contribution in [0.15, 0.2) is 0 Å². The molecule has 1 aliphatic rings. The molecule has 1 rings (SSSR count). The van der Waals surface area contributed by atoms with E-state index in [1.165, 1.54) is 13.0 Å². The first kappa shape index (κ1) is 10.5. The highest BCUT2D eigenvalue weighted by molar-refractivity contribution is 9.09. The summed E-state index contributed by atoms with van der Waals surface area (Å²) in [6.07, 6.45) is 3.06. The molecule has 2 nitrogen and oxygen atoms in total. The molecule has 0 aromatic heterocycles. The molecule has 0 aliphatic carbocycles. The Bertz CT molecular complexity index is 128. The fourth-order valence-electron chi connectivity index (χ4n) is 1.54. The van der Waals surface area contributed by atoms with E-state index < -0.39 is 5.60 Å². The zero-order valence-electron chi connectivity index (χ0n) is 7.72. The number of hydrogen-bond donors (Lipinski definition) is 1. The fraction of sp³-hybridized carbons (Fsp3) is 1.00. The molecule has 1 fully saturated rings. The van der Waals surface area contributed by atoms with Crippen LogP contribution >= 0.6 is 15.9 Å². The predicted octanol–water partition coefficient (Wildman–Crippen LogP) is 1.62. The van der Waals surface area contributed by atoms with E-state index in [4.69, 9.17) is 0 Å². The number of aliphatic hydroxyl groups is 1. The number of nitrogens with zero attached hydrogens (tertiary/aromatic N) is 1.